The molecule has 0 aliphatic carbocycles. The molecule has 2 aliphatic heterocycles. The number of carbonyl (C=O) groups is 2. The maximum Gasteiger partial charge on any atom is 0.325 e. The van der Waals surface area contributed by atoms with Crippen LogP contribution >= 0.6 is 0 Å². The van der Waals surface area contributed by atoms with Crippen LogP contribution in [0.2, 0.25) is 0 Å². The van der Waals surface area contributed by atoms with Crippen molar-refractivity contribution in [1.29, 1.82) is 0 Å². The van der Waals surface area contributed by atoms with Crippen LogP contribution in [0.4, 0.5) is 14.9 Å². The highest BCUT2D eigenvalue weighted by Crippen LogP contribution is 2.21. The number of imidazole rings is 1. The van der Waals surface area contributed by atoms with Crippen molar-refractivity contribution in [1.82, 2.24) is 19.8 Å². The third kappa shape index (κ3) is 2.95. The van der Waals surface area contributed by atoms with E-state index in [-0.39, 0.29) is 24.3 Å². The number of rotatable bonds is 3. The fraction of sp³-hybridized carbons (Fsp3) is 0.353. The summed E-state index contributed by atoms with van der Waals surface area (Å²) >= 11 is 0. The first kappa shape index (κ1) is 15.6. The molecule has 4 rings (SSSR count). The second-order valence-corrected chi connectivity index (χ2v) is 6.23. The van der Waals surface area contributed by atoms with E-state index in [0.29, 0.717) is 31.9 Å². The van der Waals surface area contributed by atoms with Crippen molar-refractivity contribution in [3.05, 3.63) is 47.8 Å². The number of hydrogen-bond acceptors (Lipinski definition) is 3. The highest BCUT2D eigenvalue weighted by molar-refractivity contribution is 5.96. The monoisotopic (exact) mass is 343 g/mol. The molecule has 0 spiro atoms. The molecule has 1 fully saturated rings. The summed E-state index contributed by atoms with van der Waals surface area (Å²) in [5, 5.41) is 0. The largest absolute Gasteiger partial charge is 0.347 e. The number of urea groups is 1. The van der Waals surface area contributed by atoms with E-state index in [1.165, 1.54) is 17.0 Å². The van der Waals surface area contributed by atoms with Gasteiger partial charge in [-0.2, -0.15) is 0 Å². The SMILES string of the molecule is O=C(CN1CCN(c2ccc(F)cc2)C1=O)N1CCc2nc[nH]c2C1. The number of nitrogens with zero attached hydrogens (tertiary/aromatic N) is 4. The first-order valence-electron chi connectivity index (χ1n) is 8.23. The molecule has 1 aromatic heterocycles. The zero-order chi connectivity index (χ0) is 17.4. The number of amides is 3. The topological polar surface area (TPSA) is 72.5 Å². The predicted octanol–water partition coefficient (Wildman–Crippen LogP) is 1.38. The van der Waals surface area contributed by atoms with Crippen molar-refractivity contribution in [2.24, 2.45) is 0 Å². The molecule has 3 heterocycles. The second-order valence-electron chi connectivity index (χ2n) is 6.23. The van der Waals surface area contributed by atoms with Gasteiger partial charge >= 0.3 is 6.03 Å². The van der Waals surface area contributed by atoms with Crippen LogP contribution in [0.5, 0.6) is 0 Å². The molecule has 0 saturated carbocycles. The molecule has 0 atom stereocenters. The van der Waals surface area contributed by atoms with Crippen molar-refractivity contribution in [3.8, 4) is 0 Å². The number of carbonyl (C=O) groups excluding carboxylic acids is 2. The average molecular weight is 343 g/mol. The lowest BCUT2D eigenvalue weighted by molar-refractivity contribution is -0.132. The Bertz CT molecular complexity index is 804. The third-order valence-electron chi connectivity index (χ3n) is 4.69. The van der Waals surface area contributed by atoms with Crippen LogP contribution in [0.3, 0.4) is 0 Å². The molecule has 1 aromatic carbocycles. The quantitative estimate of drug-likeness (QED) is 0.915. The Labute approximate surface area is 144 Å². The van der Waals surface area contributed by atoms with Gasteiger partial charge in [-0.05, 0) is 24.3 Å². The molecule has 2 aliphatic rings. The zero-order valence-corrected chi connectivity index (χ0v) is 13.6. The number of anilines is 1. The molecular weight excluding hydrogens is 325 g/mol. The van der Waals surface area contributed by atoms with E-state index < -0.39 is 0 Å². The molecule has 0 radical (unpaired) electrons. The Morgan fingerprint density at radius 1 is 1.20 bits per heavy atom. The maximum atomic E-state index is 13.0. The fourth-order valence-corrected chi connectivity index (χ4v) is 3.28. The summed E-state index contributed by atoms with van der Waals surface area (Å²) in [7, 11) is 0. The predicted molar refractivity (Wildman–Crippen MR) is 88.4 cm³/mol. The first-order valence-corrected chi connectivity index (χ1v) is 8.23. The van der Waals surface area contributed by atoms with E-state index in [1.54, 1.807) is 28.3 Å². The van der Waals surface area contributed by atoms with Crippen molar-refractivity contribution in [2.45, 2.75) is 13.0 Å². The van der Waals surface area contributed by atoms with Crippen LogP contribution in [0.1, 0.15) is 11.4 Å². The normalized spacial score (nSPS) is 17.2. The minimum absolute atomic E-state index is 0.0556. The molecule has 2 aromatic rings. The molecule has 130 valence electrons. The van der Waals surface area contributed by atoms with Gasteiger partial charge < -0.3 is 14.8 Å². The van der Waals surface area contributed by atoms with Crippen LogP contribution in [0.15, 0.2) is 30.6 Å². The van der Waals surface area contributed by atoms with Gasteiger partial charge in [0.15, 0.2) is 0 Å². The molecule has 0 unspecified atom stereocenters. The van der Waals surface area contributed by atoms with E-state index >= 15 is 0 Å². The molecule has 7 nitrogen and oxygen atoms in total. The number of aromatic amines is 1. The number of nitrogens with one attached hydrogen (secondary N) is 1. The smallest absolute Gasteiger partial charge is 0.325 e. The van der Waals surface area contributed by atoms with E-state index in [2.05, 4.69) is 9.97 Å². The van der Waals surface area contributed by atoms with Gasteiger partial charge in [0.1, 0.15) is 12.4 Å². The first-order chi connectivity index (χ1) is 12.1. The average Bonchev–Trinajstić information content (AvgIpc) is 3.22. The standard InChI is InChI=1S/C17H18FN5O2/c18-12-1-3-13(4-2-12)23-8-7-22(17(23)25)10-16(24)21-6-5-14-15(9-21)20-11-19-14/h1-4,11H,5-10H2,(H,19,20). The van der Waals surface area contributed by atoms with Crippen LogP contribution in [0, 0.1) is 5.82 Å². The Morgan fingerprint density at radius 2 is 2.00 bits per heavy atom. The third-order valence-corrected chi connectivity index (χ3v) is 4.69. The van der Waals surface area contributed by atoms with E-state index in [0.717, 1.165) is 17.8 Å². The van der Waals surface area contributed by atoms with Crippen molar-refractivity contribution in [2.75, 3.05) is 31.1 Å². The molecular formula is C17H18FN5O2. The highest BCUT2D eigenvalue weighted by atomic mass is 19.1. The summed E-state index contributed by atoms with van der Waals surface area (Å²) in [5.74, 6) is -0.416. The van der Waals surface area contributed by atoms with Gasteiger partial charge in [-0.1, -0.05) is 0 Å². The van der Waals surface area contributed by atoms with Gasteiger partial charge in [0.05, 0.1) is 24.3 Å². The Kier molecular flexibility index (Phi) is 3.87. The van der Waals surface area contributed by atoms with Crippen molar-refractivity contribution >= 4 is 17.6 Å². The Morgan fingerprint density at radius 3 is 2.80 bits per heavy atom. The molecule has 25 heavy (non-hydrogen) atoms. The second kappa shape index (κ2) is 6.19. The number of hydrogen-bond donors (Lipinski definition) is 1. The van der Waals surface area contributed by atoms with Gasteiger partial charge in [-0.15, -0.1) is 0 Å². The summed E-state index contributed by atoms with van der Waals surface area (Å²) in [4.78, 5) is 37.2. The lowest BCUT2D eigenvalue weighted by atomic mass is 10.1. The van der Waals surface area contributed by atoms with Crippen LogP contribution in [0.25, 0.3) is 0 Å². The summed E-state index contributed by atoms with van der Waals surface area (Å²) in [6.45, 7) is 2.13. The van der Waals surface area contributed by atoms with Crippen LogP contribution < -0.4 is 4.90 Å². The van der Waals surface area contributed by atoms with E-state index in [9.17, 15) is 14.0 Å². The van der Waals surface area contributed by atoms with Crippen molar-refractivity contribution in [3.63, 3.8) is 0 Å². The number of benzene rings is 1. The summed E-state index contributed by atoms with van der Waals surface area (Å²) in [5.41, 5.74) is 2.60. The van der Waals surface area contributed by atoms with Gasteiger partial charge in [-0.25, -0.2) is 14.2 Å². The Hall–Kier alpha value is -2.90. The highest BCUT2D eigenvalue weighted by Gasteiger charge is 2.32. The minimum atomic E-state index is -0.342. The molecule has 8 heteroatoms. The number of fused-ring (bicyclic) bond motifs is 1. The summed E-state index contributed by atoms with van der Waals surface area (Å²) < 4.78 is 13.0. The number of halogens is 1. The Balaban J connectivity index is 1.39. The van der Waals surface area contributed by atoms with Crippen LogP contribution in [-0.2, 0) is 17.8 Å². The summed E-state index contributed by atoms with van der Waals surface area (Å²) in [6, 6.07) is 5.57. The lowest BCUT2D eigenvalue weighted by Gasteiger charge is -2.28. The maximum absolute atomic E-state index is 13.0. The minimum Gasteiger partial charge on any atom is -0.347 e. The molecule has 0 bridgehead atoms. The lowest BCUT2D eigenvalue weighted by Crippen LogP contribution is -2.44. The fourth-order valence-electron chi connectivity index (χ4n) is 3.28. The van der Waals surface area contributed by atoms with Gasteiger partial charge in [0.25, 0.3) is 0 Å². The van der Waals surface area contributed by atoms with Crippen LogP contribution in [-0.4, -0.2) is 57.9 Å². The number of aromatic nitrogens is 2. The molecule has 1 N–H and O–H groups in total. The van der Waals surface area contributed by atoms with Gasteiger partial charge in [0, 0.05) is 31.7 Å². The van der Waals surface area contributed by atoms with E-state index in [4.69, 9.17) is 0 Å². The molecule has 1 saturated heterocycles. The number of H-pyrrole nitrogens is 1. The van der Waals surface area contributed by atoms with E-state index in [1.807, 2.05) is 0 Å². The zero-order valence-electron chi connectivity index (χ0n) is 13.6. The van der Waals surface area contributed by atoms with Gasteiger partial charge in [-0.3, -0.25) is 9.69 Å². The van der Waals surface area contributed by atoms with Crippen molar-refractivity contribution < 1.29 is 14.0 Å². The summed E-state index contributed by atoms with van der Waals surface area (Å²) in [6.07, 6.45) is 2.36. The van der Waals surface area contributed by atoms with Gasteiger partial charge in [0.2, 0.25) is 5.91 Å². The molecule has 3 amide bonds.